The van der Waals surface area contributed by atoms with Crippen LogP contribution < -0.4 is 5.73 Å². The second-order valence-corrected chi connectivity index (χ2v) is 7.61. The van der Waals surface area contributed by atoms with Crippen LogP contribution in [0, 0.1) is 12.7 Å². The molecule has 0 unspecified atom stereocenters. The fourth-order valence-electron chi connectivity index (χ4n) is 3.57. The van der Waals surface area contributed by atoms with Gasteiger partial charge in [-0.3, -0.25) is 9.48 Å². The second-order valence-electron chi connectivity index (χ2n) is 7.61. The molecule has 3 aromatic rings. The molecule has 30 heavy (non-hydrogen) atoms. The molecule has 4 rings (SSSR count). The fraction of sp³-hybridized carbons (Fsp3) is 0.273. The normalized spacial score (nSPS) is 14.2. The standard InChI is InChI=1S/C22H19F4N3O/c1-12-6-14(2-5-19(12)21(27)30)20-11-17(28-29(20)18-3-4-18)9-13-7-15(22(24,25)26)10-16(23)8-13/h2,5-8,10-11,18H,3-4,9H2,1H3,(H2,27,30). The molecule has 1 fully saturated rings. The number of rotatable bonds is 5. The second kappa shape index (κ2) is 7.27. The minimum atomic E-state index is -4.62. The number of hydrogen-bond donors (Lipinski definition) is 1. The van der Waals surface area contributed by atoms with Gasteiger partial charge in [0.05, 0.1) is 23.0 Å². The highest BCUT2D eigenvalue weighted by molar-refractivity contribution is 5.94. The molecule has 0 aliphatic heterocycles. The van der Waals surface area contributed by atoms with Gasteiger partial charge in [0.2, 0.25) is 5.91 Å². The molecule has 1 aromatic heterocycles. The third kappa shape index (κ3) is 4.08. The van der Waals surface area contributed by atoms with Crippen LogP contribution in [-0.2, 0) is 12.6 Å². The molecule has 1 heterocycles. The largest absolute Gasteiger partial charge is 0.416 e. The maximum absolute atomic E-state index is 13.7. The third-order valence-corrected chi connectivity index (χ3v) is 5.14. The number of aromatic nitrogens is 2. The van der Waals surface area contributed by atoms with Crippen LogP contribution in [-0.4, -0.2) is 15.7 Å². The third-order valence-electron chi connectivity index (χ3n) is 5.14. The van der Waals surface area contributed by atoms with Gasteiger partial charge in [0, 0.05) is 17.5 Å². The summed E-state index contributed by atoms with van der Waals surface area (Å²) in [6, 6.07) is 9.82. The van der Waals surface area contributed by atoms with Gasteiger partial charge in [0.1, 0.15) is 5.82 Å². The minimum Gasteiger partial charge on any atom is -0.366 e. The molecule has 2 aromatic carbocycles. The van der Waals surface area contributed by atoms with Crippen molar-refractivity contribution in [3.63, 3.8) is 0 Å². The fourth-order valence-corrected chi connectivity index (χ4v) is 3.57. The molecular formula is C22H19F4N3O. The van der Waals surface area contributed by atoms with Crippen LogP contribution in [0.25, 0.3) is 11.3 Å². The van der Waals surface area contributed by atoms with Crippen molar-refractivity contribution in [2.75, 3.05) is 0 Å². The summed E-state index contributed by atoms with van der Waals surface area (Å²) in [6.45, 7) is 1.79. The summed E-state index contributed by atoms with van der Waals surface area (Å²) in [4.78, 5) is 11.5. The van der Waals surface area contributed by atoms with Crippen molar-refractivity contribution in [1.29, 1.82) is 0 Å². The highest BCUT2D eigenvalue weighted by atomic mass is 19.4. The van der Waals surface area contributed by atoms with Crippen LogP contribution in [0.1, 0.15) is 51.6 Å². The van der Waals surface area contributed by atoms with Crippen molar-refractivity contribution >= 4 is 5.91 Å². The van der Waals surface area contributed by atoms with Gasteiger partial charge in [-0.25, -0.2) is 4.39 Å². The van der Waals surface area contributed by atoms with E-state index < -0.39 is 23.5 Å². The van der Waals surface area contributed by atoms with E-state index in [2.05, 4.69) is 5.10 Å². The van der Waals surface area contributed by atoms with E-state index in [0.717, 1.165) is 41.8 Å². The molecular weight excluding hydrogens is 398 g/mol. The van der Waals surface area contributed by atoms with Gasteiger partial charge < -0.3 is 5.73 Å². The van der Waals surface area contributed by atoms with Crippen molar-refractivity contribution in [3.05, 3.63) is 76.2 Å². The van der Waals surface area contributed by atoms with E-state index in [4.69, 9.17) is 5.73 Å². The van der Waals surface area contributed by atoms with E-state index in [1.54, 1.807) is 25.1 Å². The molecule has 156 valence electrons. The number of hydrogen-bond acceptors (Lipinski definition) is 2. The Morgan fingerprint density at radius 3 is 2.50 bits per heavy atom. The van der Waals surface area contributed by atoms with Crippen molar-refractivity contribution in [1.82, 2.24) is 9.78 Å². The zero-order valence-electron chi connectivity index (χ0n) is 16.1. The van der Waals surface area contributed by atoms with Gasteiger partial charge in [-0.2, -0.15) is 18.3 Å². The predicted octanol–water partition coefficient (Wildman–Crippen LogP) is 5.04. The van der Waals surface area contributed by atoms with Gasteiger partial charge >= 0.3 is 6.18 Å². The number of alkyl halides is 3. The number of nitrogens with zero attached hydrogens (tertiary/aromatic N) is 2. The molecule has 1 amide bonds. The average molecular weight is 417 g/mol. The first-order valence-electron chi connectivity index (χ1n) is 9.48. The zero-order chi connectivity index (χ0) is 21.6. The van der Waals surface area contributed by atoms with E-state index in [-0.39, 0.29) is 18.0 Å². The van der Waals surface area contributed by atoms with Crippen LogP contribution >= 0.6 is 0 Å². The highest BCUT2D eigenvalue weighted by Gasteiger charge is 2.32. The topological polar surface area (TPSA) is 60.9 Å². The number of aryl methyl sites for hydroxylation is 1. The number of amides is 1. The summed E-state index contributed by atoms with van der Waals surface area (Å²) < 4.78 is 54.6. The summed E-state index contributed by atoms with van der Waals surface area (Å²) in [5.41, 5.74) is 7.89. The van der Waals surface area contributed by atoms with Gasteiger partial charge in [-0.15, -0.1) is 0 Å². The number of nitrogens with two attached hydrogens (primary N) is 1. The lowest BCUT2D eigenvalue weighted by Gasteiger charge is -2.09. The lowest BCUT2D eigenvalue weighted by molar-refractivity contribution is -0.137. The molecule has 0 atom stereocenters. The van der Waals surface area contributed by atoms with Crippen molar-refractivity contribution in [2.24, 2.45) is 5.73 Å². The van der Waals surface area contributed by atoms with Crippen molar-refractivity contribution in [3.8, 4) is 11.3 Å². The Bertz CT molecular complexity index is 1130. The molecule has 1 aliphatic carbocycles. The average Bonchev–Trinajstić information content (AvgIpc) is 3.41. The lowest BCUT2D eigenvalue weighted by atomic mass is 10.0. The molecule has 0 radical (unpaired) electrons. The first-order valence-corrected chi connectivity index (χ1v) is 9.48. The first-order chi connectivity index (χ1) is 14.1. The van der Waals surface area contributed by atoms with Crippen LogP contribution in [0.2, 0.25) is 0 Å². The molecule has 2 N–H and O–H groups in total. The Morgan fingerprint density at radius 2 is 1.90 bits per heavy atom. The zero-order valence-corrected chi connectivity index (χ0v) is 16.1. The maximum atomic E-state index is 13.7. The number of primary amides is 1. The van der Waals surface area contributed by atoms with E-state index in [0.29, 0.717) is 17.3 Å². The SMILES string of the molecule is Cc1cc(-c2cc(Cc3cc(F)cc(C(F)(F)F)c3)nn2C2CC2)ccc1C(N)=O. The van der Waals surface area contributed by atoms with Gasteiger partial charge in [0.25, 0.3) is 0 Å². The number of carbonyl (C=O) groups excluding carboxylic acids is 1. The lowest BCUT2D eigenvalue weighted by Crippen LogP contribution is -2.12. The van der Waals surface area contributed by atoms with Gasteiger partial charge in [0.15, 0.2) is 0 Å². The smallest absolute Gasteiger partial charge is 0.366 e. The van der Waals surface area contributed by atoms with Crippen LogP contribution in [0.15, 0.2) is 42.5 Å². The quantitative estimate of drug-likeness (QED) is 0.591. The van der Waals surface area contributed by atoms with Crippen molar-refractivity contribution in [2.45, 2.75) is 38.4 Å². The van der Waals surface area contributed by atoms with Crippen LogP contribution in [0.5, 0.6) is 0 Å². The van der Waals surface area contributed by atoms with Crippen molar-refractivity contribution < 1.29 is 22.4 Å². The Morgan fingerprint density at radius 1 is 1.17 bits per heavy atom. The van der Waals surface area contributed by atoms with Crippen LogP contribution in [0.3, 0.4) is 0 Å². The molecule has 0 spiro atoms. The van der Waals surface area contributed by atoms with Gasteiger partial charge in [-0.1, -0.05) is 6.07 Å². The number of halogens is 4. The monoisotopic (exact) mass is 417 g/mol. The Kier molecular flexibility index (Phi) is 4.88. The Hall–Kier alpha value is -3.16. The molecule has 8 heteroatoms. The Labute approximate surface area is 170 Å². The molecule has 1 saturated carbocycles. The predicted molar refractivity (Wildman–Crippen MR) is 103 cm³/mol. The summed E-state index contributed by atoms with van der Waals surface area (Å²) in [7, 11) is 0. The molecule has 1 aliphatic rings. The summed E-state index contributed by atoms with van der Waals surface area (Å²) in [5, 5.41) is 4.57. The van der Waals surface area contributed by atoms with E-state index in [1.165, 1.54) is 0 Å². The molecule has 0 saturated heterocycles. The van der Waals surface area contributed by atoms with E-state index in [1.807, 2.05) is 10.7 Å². The van der Waals surface area contributed by atoms with Gasteiger partial charge in [-0.05, 0) is 67.3 Å². The Balaban J connectivity index is 1.70. The first kappa shape index (κ1) is 20.1. The van der Waals surface area contributed by atoms with E-state index >= 15 is 0 Å². The van der Waals surface area contributed by atoms with Crippen LogP contribution in [0.4, 0.5) is 17.6 Å². The summed E-state index contributed by atoms with van der Waals surface area (Å²) >= 11 is 0. The number of benzene rings is 2. The number of carbonyl (C=O) groups is 1. The highest BCUT2D eigenvalue weighted by Crippen LogP contribution is 2.39. The molecule has 0 bridgehead atoms. The summed E-state index contributed by atoms with van der Waals surface area (Å²) in [6.07, 6.45) is -2.61. The minimum absolute atomic E-state index is 0.0753. The van der Waals surface area contributed by atoms with E-state index in [9.17, 15) is 22.4 Å². The molecule has 4 nitrogen and oxygen atoms in total. The maximum Gasteiger partial charge on any atom is 0.416 e. The summed E-state index contributed by atoms with van der Waals surface area (Å²) in [5.74, 6) is -1.44.